The molecule has 1 fully saturated rings. The van der Waals surface area contributed by atoms with E-state index in [9.17, 15) is 4.79 Å². The number of amides is 1. The number of hydrogen-bond acceptors (Lipinski definition) is 4. The second kappa shape index (κ2) is 11.5. The third-order valence-electron chi connectivity index (χ3n) is 4.78. The van der Waals surface area contributed by atoms with Gasteiger partial charge in [0.2, 0.25) is 5.91 Å². The number of carbonyl (C=O) groups excluding carboxylic acids is 1. The summed E-state index contributed by atoms with van der Waals surface area (Å²) in [5, 5.41) is 6.64. The van der Waals surface area contributed by atoms with Crippen molar-refractivity contribution in [1.29, 1.82) is 0 Å². The van der Waals surface area contributed by atoms with Crippen molar-refractivity contribution in [3.05, 3.63) is 29.3 Å². The average molecular weight is 391 g/mol. The van der Waals surface area contributed by atoms with Crippen LogP contribution in [0, 0.1) is 6.92 Å². The number of aliphatic imine (C=N–C) groups is 1. The summed E-state index contributed by atoms with van der Waals surface area (Å²) in [4.78, 5) is 18.2. The molecule has 1 amide bonds. The normalized spacial score (nSPS) is 14.8. The Morgan fingerprint density at radius 3 is 2.68 bits per heavy atom. The smallest absolute Gasteiger partial charge is 0.241 e. The minimum atomic E-state index is 0.0137. The number of aryl methyl sites for hydroxylation is 1. The van der Waals surface area contributed by atoms with E-state index in [1.54, 1.807) is 26.1 Å². The van der Waals surface area contributed by atoms with Gasteiger partial charge in [0.15, 0.2) is 5.96 Å². The Hall–Kier alpha value is -2.28. The van der Waals surface area contributed by atoms with Gasteiger partial charge in [-0.2, -0.15) is 0 Å². The number of rotatable bonds is 9. The third-order valence-corrected chi connectivity index (χ3v) is 4.78. The molecule has 28 heavy (non-hydrogen) atoms. The highest BCUT2D eigenvalue weighted by molar-refractivity contribution is 5.86. The number of nitrogens with one attached hydrogen (secondary N) is 2. The third kappa shape index (κ3) is 7.38. The van der Waals surface area contributed by atoms with Crippen LogP contribution in [0.15, 0.2) is 23.2 Å². The van der Waals surface area contributed by atoms with E-state index in [-0.39, 0.29) is 12.5 Å². The standard InChI is InChI=1S/C21H34N4O3/c1-16-9-10-17(19(13-16)28-12-11-27-4)14-22-21(23-15-20(26)25(2)3)24-18-7-5-6-8-18/h9-10,13,18H,5-8,11-12,14-15H2,1-4H3,(H2,22,23,24). The lowest BCUT2D eigenvalue weighted by Crippen LogP contribution is -2.46. The molecule has 1 aliphatic rings. The monoisotopic (exact) mass is 390 g/mol. The SMILES string of the molecule is COCCOc1cc(C)ccc1CN=C(NCC(=O)N(C)C)NC1CCCC1. The number of ether oxygens (including phenoxy) is 2. The molecule has 1 aliphatic carbocycles. The van der Waals surface area contributed by atoms with E-state index in [0.717, 1.165) is 29.7 Å². The summed E-state index contributed by atoms with van der Waals surface area (Å²) in [5.41, 5.74) is 2.15. The van der Waals surface area contributed by atoms with Gasteiger partial charge in [-0.25, -0.2) is 4.99 Å². The van der Waals surface area contributed by atoms with Gasteiger partial charge in [-0.05, 0) is 31.4 Å². The zero-order chi connectivity index (χ0) is 20.4. The summed E-state index contributed by atoms with van der Waals surface area (Å²) in [6.45, 7) is 3.77. The fourth-order valence-corrected chi connectivity index (χ4v) is 3.06. The van der Waals surface area contributed by atoms with E-state index in [1.165, 1.54) is 12.8 Å². The molecule has 1 saturated carbocycles. The molecule has 156 valence electrons. The molecule has 0 unspecified atom stereocenters. The van der Waals surface area contributed by atoms with Gasteiger partial charge >= 0.3 is 0 Å². The highest BCUT2D eigenvalue weighted by atomic mass is 16.5. The summed E-state index contributed by atoms with van der Waals surface area (Å²) in [6.07, 6.45) is 4.74. The maximum absolute atomic E-state index is 11.9. The van der Waals surface area contributed by atoms with Gasteiger partial charge in [0, 0.05) is 32.8 Å². The van der Waals surface area contributed by atoms with Gasteiger partial charge in [0.25, 0.3) is 0 Å². The van der Waals surface area contributed by atoms with Gasteiger partial charge in [0.1, 0.15) is 12.4 Å². The molecule has 1 aromatic rings. The van der Waals surface area contributed by atoms with Crippen molar-refractivity contribution in [3.8, 4) is 5.75 Å². The van der Waals surface area contributed by atoms with E-state index >= 15 is 0 Å². The second-order valence-corrected chi connectivity index (χ2v) is 7.38. The van der Waals surface area contributed by atoms with Crippen molar-refractivity contribution in [2.24, 2.45) is 4.99 Å². The number of hydrogen-bond donors (Lipinski definition) is 2. The average Bonchev–Trinajstić information content (AvgIpc) is 3.18. The van der Waals surface area contributed by atoms with Crippen LogP contribution in [0.25, 0.3) is 0 Å². The zero-order valence-electron chi connectivity index (χ0n) is 17.6. The molecule has 2 N–H and O–H groups in total. The summed E-state index contributed by atoms with van der Waals surface area (Å²) >= 11 is 0. The van der Waals surface area contributed by atoms with Crippen LogP contribution in [-0.4, -0.2) is 63.8 Å². The largest absolute Gasteiger partial charge is 0.491 e. The first-order valence-electron chi connectivity index (χ1n) is 9.96. The first-order chi connectivity index (χ1) is 13.5. The molecule has 0 saturated heterocycles. The van der Waals surface area contributed by atoms with E-state index < -0.39 is 0 Å². The topological polar surface area (TPSA) is 75.2 Å². The number of carbonyl (C=O) groups is 1. The Balaban J connectivity index is 2.07. The Labute approximate surface area is 168 Å². The molecule has 0 spiro atoms. The summed E-state index contributed by atoms with van der Waals surface area (Å²) < 4.78 is 10.9. The Morgan fingerprint density at radius 1 is 1.25 bits per heavy atom. The van der Waals surface area contributed by atoms with Gasteiger partial charge in [-0.3, -0.25) is 4.79 Å². The molecule has 0 bridgehead atoms. The van der Waals surface area contributed by atoms with Crippen LogP contribution < -0.4 is 15.4 Å². The first kappa shape index (κ1) is 22.0. The minimum Gasteiger partial charge on any atom is -0.491 e. The molecular formula is C21H34N4O3. The van der Waals surface area contributed by atoms with Crippen molar-refractivity contribution in [2.75, 3.05) is 41.0 Å². The zero-order valence-corrected chi connectivity index (χ0v) is 17.6. The lowest BCUT2D eigenvalue weighted by atomic mass is 10.1. The maximum atomic E-state index is 11.9. The molecule has 0 atom stereocenters. The summed E-state index contributed by atoms with van der Waals surface area (Å²) in [7, 11) is 5.16. The quantitative estimate of drug-likeness (QED) is 0.384. The fraction of sp³-hybridized carbons (Fsp3) is 0.619. The first-order valence-corrected chi connectivity index (χ1v) is 9.96. The predicted octanol–water partition coefficient (Wildman–Crippen LogP) is 2.09. The Kier molecular flexibility index (Phi) is 9.07. The molecule has 7 heteroatoms. The molecule has 0 radical (unpaired) electrons. The Bertz CT molecular complexity index is 655. The van der Waals surface area contributed by atoms with E-state index in [4.69, 9.17) is 14.5 Å². The molecule has 1 aromatic carbocycles. The lowest BCUT2D eigenvalue weighted by molar-refractivity contribution is -0.127. The van der Waals surface area contributed by atoms with Crippen LogP contribution >= 0.6 is 0 Å². The van der Waals surface area contributed by atoms with E-state index in [1.807, 2.05) is 19.1 Å². The van der Waals surface area contributed by atoms with Crippen molar-refractivity contribution < 1.29 is 14.3 Å². The number of likely N-dealkylation sites (N-methyl/N-ethyl adjacent to an activating group) is 1. The van der Waals surface area contributed by atoms with Crippen molar-refractivity contribution in [1.82, 2.24) is 15.5 Å². The van der Waals surface area contributed by atoms with Crippen LogP contribution in [0.1, 0.15) is 36.8 Å². The molecular weight excluding hydrogens is 356 g/mol. The summed E-state index contributed by atoms with van der Waals surface area (Å²) in [5.74, 6) is 1.51. The summed E-state index contributed by atoms with van der Waals surface area (Å²) in [6, 6.07) is 6.53. The van der Waals surface area contributed by atoms with Gasteiger partial charge in [0.05, 0.1) is 19.7 Å². The van der Waals surface area contributed by atoms with Crippen LogP contribution in [-0.2, 0) is 16.1 Å². The Morgan fingerprint density at radius 2 is 2.00 bits per heavy atom. The molecule has 2 rings (SSSR count). The van der Waals surface area contributed by atoms with E-state index in [2.05, 4.69) is 16.7 Å². The molecule has 0 heterocycles. The number of methoxy groups -OCH3 is 1. The van der Waals surface area contributed by atoms with Crippen LogP contribution in [0.4, 0.5) is 0 Å². The van der Waals surface area contributed by atoms with Crippen molar-refractivity contribution in [2.45, 2.75) is 45.2 Å². The fourth-order valence-electron chi connectivity index (χ4n) is 3.06. The molecule has 0 aliphatic heterocycles. The van der Waals surface area contributed by atoms with Crippen LogP contribution in [0.2, 0.25) is 0 Å². The number of nitrogens with zero attached hydrogens (tertiary/aromatic N) is 2. The highest BCUT2D eigenvalue weighted by Gasteiger charge is 2.17. The molecule has 0 aromatic heterocycles. The maximum Gasteiger partial charge on any atom is 0.241 e. The number of benzene rings is 1. The van der Waals surface area contributed by atoms with Crippen molar-refractivity contribution >= 4 is 11.9 Å². The van der Waals surface area contributed by atoms with Gasteiger partial charge in [-0.1, -0.05) is 25.0 Å². The predicted molar refractivity (Wildman–Crippen MR) is 112 cm³/mol. The van der Waals surface area contributed by atoms with Crippen LogP contribution in [0.5, 0.6) is 5.75 Å². The van der Waals surface area contributed by atoms with Crippen LogP contribution in [0.3, 0.4) is 0 Å². The number of guanidine groups is 1. The van der Waals surface area contributed by atoms with Crippen molar-refractivity contribution in [3.63, 3.8) is 0 Å². The van der Waals surface area contributed by atoms with Gasteiger partial charge < -0.3 is 25.0 Å². The lowest BCUT2D eigenvalue weighted by Gasteiger charge is -2.19. The minimum absolute atomic E-state index is 0.0137. The second-order valence-electron chi connectivity index (χ2n) is 7.38. The molecule has 7 nitrogen and oxygen atoms in total. The highest BCUT2D eigenvalue weighted by Crippen LogP contribution is 2.22. The van der Waals surface area contributed by atoms with Gasteiger partial charge in [-0.15, -0.1) is 0 Å². The van der Waals surface area contributed by atoms with E-state index in [0.29, 0.717) is 31.8 Å².